The molecular formula is C21H20ClFN2O4S. The van der Waals surface area contributed by atoms with Crippen LogP contribution in [0.2, 0.25) is 5.02 Å². The van der Waals surface area contributed by atoms with E-state index in [2.05, 4.69) is 10.6 Å². The van der Waals surface area contributed by atoms with Crippen LogP contribution >= 0.6 is 11.6 Å². The van der Waals surface area contributed by atoms with Gasteiger partial charge in [-0.2, -0.15) is 0 Å². The topological polar surface area (TPSA) is 84.5 Å². The fourth-order valence-corrected chi connectivity index (χ4v) is 5.17. The smallest absolute Gasteiger partial charge is 0.258 e. The number of nitrogens with one attached hydrogen (secondary N) is 2. The number of rotatable bonds is 7. The van der Waals surface area contributed by atoms with E-state index in [0.29, 0.717) is 29.7 Å². The van der Waals surface area contributed by atoms with Gasteiger partial charge in [-0.15, -0.1) is 0 Å². The van der Waals surface area contributed by atoms with Gasteiger partial charge in [-0.05, 0) is 43.5 Å². The van der Waals surface area contributed by atoms with Crippen molar-refractivity contribution in [3.8, 4) is 5.75 Å². The standard InChI is InChI=1S/C21H20ClFN2O4S/c1-30(28)17-5-3-2-4-14(17)19(27)25-21-10-20(11-21,12-21)24-18(26)9-29-13-6-7-15(22)16(23)8-13/h2-8H,9-12H2,1H3,(H,24,26)(H,25,27). The van der Waals surface area contributed by atoms with E-state index in [9.17, 15) is 18.2 Å². The summed E-state index contributed by atoms with van der Waals surface area (Å²) in [7, 11) is -1.26. The van der Waals surface area contributed by atoms with E-state index >= 15 is 0 Å². The maximum Gasteiger partial charge on any atom is 0.258 e. The van der Waals surface area contributed by atoms with Crippen molar-refractivity contribution in [3.05, 3.63) is 58.9 Å². The second-order valence-corrected chi connectivity index (χ2v) is 9.66. The summed E-state index contributed by atoms with van der Waals surface area (Å²) in [6.45, 7) is -0.238. The fraction of sp³-hybridized carbons (Fsp3) is 0.333. The summed E-state index contributed by atoms with van der Waals surface area (Å²) in [6.07, 6.45) is 3.43. The molecule has 1 unspecified atom stereocenters. The van der Waals surface area contributed by atoms with Gasteiger partial charge in [-0.25, -0.2) is 4.39 Å². The Bertz CT molecular complexity index is 1040. The van der Waals surface area contributed by atoms with Crippen LogP contribution in [0.5, 0.6) is 5.75 Å². The van der Waals surface area contributed by atoms with Gasteiger partial charge >= 0.3 is 0 Å². The number of ether oxygens (including phenoxy) is 1. The van der Waals surface area contributed by atoms with Crippen LogP contribution in [-0.2, 0) is 15.6 Å². The minimum Gasteiger partial charge on any atom is -0.484 e. The molecule has 3 aliphatic rings. The van der Waals surface area contributed by atoms with Crippen LogP contribution in [0.3, 0.4) is 0 Å². The van der Waals surface area contributed by atoms with Gasteiger partial charge in [0.05, 0.1) is 26.3 Å². The number of benzene rings is 2. The number of halogens is 2. The van der Waals surface area contributed by atoms with Gasteiger partial charge in [0, 0.05) is 23.4 Å². The minimum absolute atomic E-state index is 0.0131. The van der Waals surface area contributed by atoms with Gasteiger partial charge in [0.1, 0.15) is 11.6 Å². The molecule has 0 aliphatic heterocycles. The van der Waals surface area contributed by atoms with Crippen molar-refractivity contribution in [2.75, 3.05) is 12.9 Å². The number of amides is 2. The second-order valence-electron chi connectivity index (χ2n) is 7.91. The Kier molecular flexibility index (Phi) is 5.32. The Morgan fingerprint density at radius 2 is 1.80 bits per heavy atom. The zero-order valence-electron chi connectivity index (χ0n) is 16.2. The summed E-state index contributed by atoms with van der Waals surface area (Å²) >= 11 is 5.62. The number of hydrogen-bond acceptors (Lipinski definition) is 4. The highest BCUT2D eigenvalue weighted by atomic mass is 35.5. The molecule has 158 valence electrons. The number of carbonyl (C=O) groups excluding carboxylic acids is 2. The molecule has 3 fully saturated rings. The maximum absolute atomic E-state index is 13.4. The summed E-state index contributed by atoms with van der Waals surface area (Å²) in [5, 5.41) is 5.95. The predicted molar refractivity (Wildman–Crippen MR) is 111 cm³/mol. The SMILES string of the molecule is CS(=O)c1ccccc1C(=O)NC12CC(NC(=O)COc3ccc(Cl)c(F)c3)(C1)C2. The first kappa shape index (κ1) is 20.8. The third kappa shape index (κ3) is 3.94. The van der Waals surface area contributed by atoms with E-state index in [1.165, 1.54) is 18.4 Å². The number of hydrogen-bond donors (Lipinski definition) is 2. The largest absolute Gasteiger partial charge is 0.484 e. The van der Waals surface area contributed by atoms with Crippen molar-refractivity contribution < 1.29 is 22.9 Å². The zero-order chi connectivity index (χ0) is 21.5. The predicted octanol–water partition coefficient (Wildman–Crippen LogP) is 2.82. The molecule has 2 bridgehead atoms. The molecule has 0 heterocycles. The lowest BCUT2D eigenvalue weighted by Crippen LogP contribution is -2.84. The van der Waals surface area contributed by atoms with Crippen LogP contribution in [0.4, 0.5) is 4.39 Å². The van der Waals surface area contributed by atoms with Crippen LogP contribution in [0.1, 0.15) is 29.6 Å². The molecular weight excluding hydrogens is 431 g/mol. The Morgan fingerprint density at radius 3 is 2.47 bits per heavy atom. The van der Waals surface area contributed by atoms with Crippen LogP contribution in [0.25, 0.3) is 0 Å². The minimum atomic E-state index is -1.26. The Balaban J connectivity index is 1.27. The van der Waals surface area contributed by atoms with Gasteiger partial charge in [0.15, 0.2) is 6.61 Å². The molecule has 2 amide bonds. The van der Waals surface area contributed by atoms with Crippen molar-refractivity contribution in [2.24, 2.45) is 0 Å². The Morgan fingerprint density at radius 1 is 1.13 bits per heavy atom. The van der Waals surface area contributed by atoms with Crippen LogP contribution < -0.4 is 15.4 Å². The normalized spacial score (nSPS) is 24.8. The van der Waals surface area contributed by atoms with Gasteiger partial charge in [0.2, 0.25) is 0 Å². The first-order chi connectivity index (χ1) is 14.2. The first-order valence-corrected chi connectivity index (χ1v) is 11.3. The van der Waals surface area contributed by atoms with E-state index in [0.717, 1.165) is 6.07 Å². The molecule has 1 atom stereocenters. The van der Waals surface area contributed by atoms with Gasteiger partial charge in [-0.1, -0.05) is 23.7 Å². The summed E-state index contributed by atoms with van der Waals surface area (Å²) in [6, 6.07) is 10.8. The maximum atomic E-state index is 13.4. The fourth-order valence-electron chi connectivity index (χ4n) is 4.31. The Labute approximate surface area is 180 Å². The lowest BCUT2D eigenvalue weighted by molar-refractivity contribution is -0.141. The molecule has 0 aromatic heterocycles. The molecule has 30 heavy (non-hydrogen) atoms. The number of carbonyl (C=O) groups is 2. The molecule has 0 radical (unpaired) electrons. The van der Waals surface area contributed by atoms with Gasteiger partial charge < -0.3 is 15.4 Å². The highest BCUT2D eigenvalue weighted by Gasteiger charge is 2.69. The summed E-state index contributed by atoms with van der Waals surface area (Å²) in [4.78, 5) is 25.3. The van der Waals surface area contributed by atoms with E-state index in [1.807, 2.05) is 0 Å². The van der Waals surface area contributed by atoms with Gasteiger partial charge in [-0.3, -0.25) is 13.8 Å². The summed E-state index contributed by atoms with van der Waals surface area (Å²) < 4.78 is 30.6. The van der Waals surface area contributed by atoms with Crippen molar-refractivity contribution in [3.63, 3.8) is 0 Å². The first-order valence-electron chi connectivity index (χ1n) is 9.35. The lowest BCUT2D eigenvalue weighted by Gasteiger charge is -2.70. The van der Waals surface area contributed by atoms with Crippen molar-refractivity contribution in [1.29, 1.82) is 0 Å². The van der Waals surface area contributed by atoms with Crippen molar-refractivity contribution in [2.45, 2.75) is 35.2 Å². The molecule has 0 spiro atoms. The second kappa shape index (κ2) is 7.67. The Hall–Kier alpha value is -2.45. The van der Waals surface area contributed by atoms with E-state index in [1.54, 1.807) is 24.3 Å². The molecule has 5 rings (SSSR count). The lowest BCUT2D eigenvalue weighted by atomic mass is 9.44. The van der Waals surface area contributed by atoms with E-state index in [-0.39, 0.29) is 40.3 Å². The van der Waals surface area contributed by atoms with E-state index < -0.39 is 16.6 Å². The van der Waals surface area contributed by atoms with Crippen LogP contribution in [-0.4, -0.2) is 40.0 Å². The van der Waals surface area contributed by atoms with Crippen molar-refractivity contribution in [1.82, 2.24) is 10.6 Å². The summed E-state index contributed by atoms with van der Waals surface area (Å²) in [5.74, 6) is -0.953. The van der Waals surface area contributed by atoms with Crippen LogP contribution in [0, 0.1) is 5.82 Å². The van der Waals surface area contributed by atoms with Crippen molar-refractivity contribution >= 4 is 34.2 Å². The van der Waals surface area contributed by atoms with Gasteiger partial charge in [0.25, 0.3) is 11.8 Å². The molecule has 2 N–H and O–H groups in total. The molecule has 3 aliphatic carbocycles. The molecule has 2 aromatic carbocycles. The average Bonchev–Trinajstić information content (AvgIpc) is 2.66. The molecule has 6 nitrogen and oxygen atoms in total. The third-order valence-corrected chi connectivity index (χ3v) is 6.80. The molecule has 2 aromatic rings. The quantitative estimate of drug-likeness (QED) is 0.679. The summed E-state index contributed by atoms with van der Waals surface area (Å²) in [5.41, 5.74) is -0.274. The van der Waals surface area contributed by atoms with Crippen LogP contribution in [0.15, 0.2) is 47.4 Å². The average molecular weight is 451 g/mol. The molecule has 3 saturated carbocycles. The van der Waals surface area contributed by atoms with E-state index in [4.69, 9.17) is 16.3 Å². The molecule has 0 saturated heterocycles. The highest BCUT2D eigenvalue weighted by molar-refractivity contribution is 7.84. The monoisotopic (exact) mass is 450 g/mol. The third-order valence-electron chi connectivity index (χ3n) is 5.52. The molecule has 9 heteroatoms. The zero-order valence-corrected chi connectivity index (χ0v) is 17.7. The highest BCUT2D eigenvalue weighted by Crippen LogP contribution is 2.60.